The fraction of sp³-hybridized carbons (Fsp3) is 0.444. The third-order valence-corrected chi connectivity index (χ3v) is 2.31. The molecule has 1 rings (SSSR count). The van der Waals surface area contributed by atoms with E-state index < -0.39 is 0 Å². The van der Waals surface area contributed by atoms with Gasteiger partial charge in [0.1, 0.15) is 10.7 Å². The first kappa shape index (κ1) is 10.2. The minimum absolute atomic E-state index is 0.716. The fourth-order valence-electron chi connectivity index (χ4n) is 0.828. The SMILES string of the molecule is C#Cc1csc(CNCCOC)n1. The average Bonchev–Trinajstić information content (AvgIpc) is 2.60. The number of nitrogens with zero attached hydrogens (tertiary/aromatic N) is 1. The quantitative estimate of drug-likeness (QED) is 0.560. The van der Waals surface area contributed by atoms with Crippen LogP contribution >= 0.6 is 11.3 Å². The summed E-state index contributed by atoms with van der Waals surface area (Å²) in [5.74, 6) is 2.50. The lowest BCUT2D eigenvalue weighted by Gasteiger charge is -1.99. The van der Waals surface area contributed by atoms with Crippen molar-refractivity contribution in [3.63, 3.8) is 0 Å². The van der Waals surface area contributed by atoms with E-state index in [1.54, 1.807) is 18.4 Å². The van der Waals surface area contributed by atoms with Crippen LogP contribution in [-0.4, -0.2) is 25.2 Å². The fourth-order valence-corrected chi connectivity index (χ4v) is 1.53. The summed E-state index contributed by atoms with van der Waals surface area (Å²) >= 11 is 1.58. The van der Waals surface area contributed by atoms with Crippen molar-refractivity contribution >= 4 is 11.3 Å². The van der Waals surface area contributed by atoms with Crippen LogP contribution in [0.4, 0.5) is 0 Å². The molecule has 1 heterocycles. The van der Waals surface area contributed by atoms with E-state index in [4.69, 9.17) is 11.2 Å². The molecule has 4 heteroatoms. The lowest BCUT2D eigenvalue weighted by molar-refractivity contribution is 0.199. The molecule has 1 N–H and O–H groups in total. The van der Waals surface area contributed by atoms with Gasteiger partial charge in [-0.3, -0.25) is 0 Å². The molecule has 13 heavy (non-hydrogen) atoms. The summed E-state index contributed by atoms with van der Waals surface area (Å²) in [5, 5.41) is 6.09. The summed E-state index contributed by atoms with van der Waals surface area (Å²) in [4.78, 5) is 4.21. The van der Waals surface area contributed by atoms with Crippen molar-refractivity contribution in [2.45, 2.75) is 6.54 Å². The second-order valence-corrected chi connectivity index (χ2v) is 3.38. The van der Waals surface area contributed by atoms with E-state index in [9.17, 15) is 0 Å². The van der Waals surface area contributed by atoms with E-state index in [2.05, 4.69) is 16.2 Å². The third kappa shape index (κ3) is 3.55. The van der Waals surface area contributed by atoms with Crippen LogP contribution in [0.3, 0.4) is 0 Å². The molecular formula is C9H12N2OS. The van der Waals surface area contributed by atoms with Crippen LogP contribution in [0.15, 0.2) is 5.38 Å². The number of terminal acetylenes is 1. The average molecular weight is 196 g/mol. The molecule has 0 atom stereocenters. The third-order valence-electron chi connectivity index (χ3n) is 1.46. The zero-order valence-corrected chi connectivity index (χ0v) is 8.36. The van der Waals surface area contributed by atoms with E-state index in [-0.39, 0.29) is 0 Å². The molecule has 0 aliphatic carbocycles. The highest BCUT2D eigenvalue weighted by Gasteiger charge is 1.97. The van der Waals surface area contributed by atoms with E-state index in [1.165, 1.54) is 0 Å². The Morgan fingerprint density at radius 1 is 1.77 bits per heavy atom. The smallest absolute Gasteiger partial charge is 0.124 e. The maximum atomic E-state index is 5.19. The summed E-state index contributed by atoms with van der Waals surface area (Å²) in [6, 6.07) is 0. The van der Waals surface area contributed by atoms with Crippen molar-refractivity contribution in [3.05, 3.63) is 16.1 Å². The molecule has 0 radical (unpaired) electrons. The van der Waals surface area contributed by atoms with Crippen molar-refractivity contribution in [2.24, 2.45) is 0 Å². The van der Waals surface area contributed by atoms with Crippen LogP contribution in [0.5, 0.6) is 0 Å². The van der Waals surface area contributed by atoms with Crippen molar-refractivity contribution in [1.29, 1.82) is 0 Å². The number of ether oxygens (including phenoxy) is 1. The Kier molecular flexibility index (Phi) is 4.47. The maximum Gasteiger partial charge on any atom is 0.124 e. The highest BCUT2D eigenvalue weighted by molar-refractivity contribution is 7.09. The summed E-state index contributed by atoms with van der Waals surface area (Å²) in [6.07, 6.45) is 5.19. The number of hydrogen-bond acceptors (Lipinski definition) is 4. The van der Waals surface area contributed by atoms with Gasteiger partial charge >= 0.3 is 0 Å². The first-order chi connectivity index (χ1) is 6.36. The van der Waals surface area contributed by atoms with Gasteiger partial charge < -0.3 is 10.1 Å². The van der Waals surface area contributed by atoms with E-state index in [1.807, 2.05) is 5.38 Å². The summed E-state index contributed by atoms with van der Waals surface area (Å²) in [7, 11) is 1.68. The Balaban J connectivity index is 2.25. The molecule has 1 aromatic rings. The highest BCUT2D eigenvalue weighted by atomic mass is 32.1. The van der Waals surface area contributed by atoms with Gasteiger partial charge in [-0.15, -0.1) is 17.8 Å². The molecule has 0 saturated heterocycles. The van der Waals surface area contributed by atoms with E-state index in [0.29, 0.717) is 12.3 Å². The Bertz CT molecular complexity index is 290. The molecule has 0 aliphatic rings. The summed E-state index contributed by atoms with van der Waals surface area (Å²) < 4.78 is 4.89. The molecule has 1 aromatic heterocycles. The number of nitrogens with one attached hydrogen (secondary N) is 1. The van der Waals surface area contributed by atoms with Crippen LogP contribution in [0.1, 0.15) is 10.7 Å². The molecule has 0 spiro atoms. The zero-order valence-electron chi connectivity index (χ0n) is 7.54. The van der Waals surface area contributed by atoms with Gasteiger partial charge in [-0.2, -0.15) is 0 Å². The molecule has 0 aliphatic heterocycles. The van der Waals surface area contributed by atoms with Crippen molar-refractivity contribution < 1.29 is 4.74 Å². The highest BCUT2D eigenvalue weighted by Crippen LogP contribution is 2.07. The Labute approximate surface area is 82.1 Å². The van der Waals surface area contributed by atoms with Gasteiger partial charge in [-0.25, -0.2) is 4.98 Å². The molecule has 0 amide bonds. The largest absolute Gasteiger partial charge is 0.383 e. The molecular weight excluding hydrogens is 184 g/mol. The second kappa shape index (κ2) is 5.70. The monoisotopic (exact) mass is 196 g/mol. The normalized spacial score (nSPS) is 9.85. The number of hydrogen-bond donors (Lipinski definition) is 1. The summed E-state index contributed by atoms with van der Waals surface area (Å²) in [6.45, 7) is 2.31. The number of methoxy groups -OCH3 is 1. The Hall–Kier alpha value is -0.890. The zero-order chi connectivity index (χ0) is 9.52. The Morgan fingerprint density at radius 2 is 2.62 bits per heavy atom. The van der Waals surface area contributed by atoms with Gasteiger partial charge in [0.2, 0.25) is 0 Å². The van der Waals surface area contributed by atoms with Crippen molar-refractivity contribution in [2.75, 3.05) is 20.3 Å². The van der Waals surface area contributed by atoms with Gasteiger partial charge in [0, 0.05) is 25.6 Å². The van der Waals surface area contributed by atoms with E-state index >= 15 is 0 Å². The standard InChI is InChI=1S/C9H12N2OS/c1-3-8-7-13-9(11-8)6-10-4-5-12-2/h1,7,10H,4-6H2,2H3. The van der Waals surface area contributed by atoms with Crippen LogP contribution in [0.25, 0.3) is 0 Å². The minimum atomic E-state index is 0.716. The molecule has 3 nitrogen and oxygen atoms in total. The van der Waals surface area contributed by atoms with Gasteiger partial charge in [0.05, 0.1) is 6.61 Å². The van der Waals surface area contributed by atoms with Crippen molar-refractivity contribution in [1.82, 2.24) is 10.3 Å². The van der Waals surface area contributed by atoms with E-state index in [0.717, 1.165) is 18.1 Å². The lowest BCUT2D eigenvalue weighted by atomic mass is 10.5. The van der Waals surface area contributed by atoms with Crippen LogP contribution in [0.2, 0.25) is 0 Å². The lowest BCUT2D eigenvalue weighted by Crippen LogP contribution is -2.18. The molecule has 0 bridgehead atoms. The van der Waals surface area contributed by atoms with Gasteiger partial charge in [0.15, 0.2) is 0 Å². The van der Waals surface area contributed by atoms with Crippen LogP contribution in [0, 0.1) is 12.3 Å². The molecule has 70 valence electrons. The van der Waals surface area contributed by atoms with Crippen LogP contribution in [-0.2, 0) is 11.3 Å². The predicted molar refractivity (Wildman–Crippen MR) is 53.6 cm³/mol. The first-order valence-corrected chi connectivity index (χ1v) is 4.85. The minimum Gasteiger partial charge on any atom is -0.383 e. The van der Waals surface area contributed by atoms with Gasteiger partial charge in [-0.05, 0) is 5.92 Å². The molecule has 0 saturated carbocycles. The van der Waals surface area contributed by atoms with Gasteiger partial charge in [-0.1, -0.05) is 0 Å². The first-order valence-electron chi connectivity index (χ1n) is 3.97. The Morgan fingerprint density at radius 3 is 3.23 bits per heavy atom. The van der Waals surface area contributed by atoms with Crippen LogP contribution < -0.4 is 5.32 Å². The number of rotatable bonds is 5. The topological polar surface area (TPSA) is 34.1 Å². The van der Waals surface area contributed by atoms with Crippen molar-refractivity contribution in [3.8, 4) is 12.3 Å². The number of aromatic nitrogens is 1. The summed E-state index contributed by atoms with van der Waals surface area (Å²) in [5.41, 5.74) is 0.716. The molecule has 0 aromatic carbocycles. The second-order valence-electron chi connectivity index (χ2n) is 2.44. The molecule has 0 unspecified atom stereocenters. The predicted octanol–water partition coefficient (Wildman–Crippen LogP) is 0.860. The number of thiazole rings is 1. The maximum absolute atomic E-state index is 5.19. The van der Waals surface area contributed by atoms with Gasteiger partial charge in [0.25, 0.3) is 0 Å². The molecule has 0 fully saturated rings.